The van der Waals surface area contributed by atoms with E-state index < -0.39 is 17.1 Å². The number of carbonyl (C=O) groups is 2. The van der Waals surface area contributed by atoms with Crippen LogP contribution in [0.1, 0.15) is 53.7 Å². The van der Waals surface area contributed by atoms with Crippen molar-refractivity contribution >= 4 is 28.2 Å². The van der Waals surface area contributed by atoms with E-state index in [0.29, 0.717) is 12.5 Å². The molecule has 0 bridgehead atoms. The van der Waals surface area contributed by atoms with Crippen LogP contribution in [0.4, 0.5) is 0 Å². The Morgan fingerprint density at radius 2 is 1.95 bits per heavy atom. The summed E-state index contributed by atoms with van der Waals surface area (Å²) in [6.07, 6.45) is 3.49. The molecule has 0 saturated heterocycles. The lowest BCUT2D eigenvalue weighted by Crippen LogP contribution is -2.39. The number of ketones is 1. The molecule has 1 aliphatic heterocycles. The number of aryl methyl sites for hydroxylation is 1. The molecule has 3 aromatic rings. The first kappa shape index (κ1) is 27.4. The van der Waals surface area contributed by atoms with Gasteiger partial charge in [-0.05, 0) is 61.4 Å². The maximum Gasteiger partial charge on any atom is 0.259 e. The molecule has 1 saturated carbocycles. The molecule has 0 aromatic heterocycles. The highest BCUT2D eigenvalue weighted by Crippen LogP contribution is 2.56. The summed E-state index contributed by atoms with van der Waals surface area (Å²) >= 11 is 0. The summed E-state index contributed by atoms with van der Waals surface area (Å²) in [5.41, 5.74) is 0.777. The van der Waals surface area contributed by atoms with Crippen LogP contribution in [0.25, 0.3) is 10.8 Å². The SMILES string of the molecule is COc1cc(O)c2c(c1C(=O)NCc1c(C)ccc3ccccc13)OC1=CC(O)=C(/C(C)=N/OCC3CC3)C(=O)[C@]12C. The number of aromatic hydroxyl groups is 1. The summed E-state index contributed by atoms with van der Waals surface area (Å²) < 4.78 is 11.6. The number of amides is 1. The number of phenolic OH excluding ortho intramolecular Hbond substituents is 1. The van der Waals surface area contributed by atoms with Crippen LogP contribution in [0.5, 0.6) is 17.2 Å². The van der Waals surface area contributed by atoms with Crippen LogP contribution in [0.2, 0.25) is 0 Å². The van der Waals surface area contributed by atoms with Gasteiger partial charge in [0.2, 0.25) is 0 Å². The quantitative estimate of drug-likeness (QED) is 0.241. The Hall–Kier alpha value is -4.79. The zero-order chi connectivity index (χ0) is 29.8. The Morgan fingerprint density at radius 3 is 2.69 bits per heavy atom. The molecule has 9 heteroatoms. The van der Waals surface area contributed by atoms with E-state index in [-0.39, 0.29) is 57.7 Å². The van der Waals surface area contributed by atoms with Crippen LogP contribution in [-0.4, -0.2) is 41.3 Å². The van der Waals surface area contributed by atoms with Crippen molar-refractivity contribution in [3.63, 3.8) is 0 Å². The van der Waals surface area contributed by atoms with Crippen molar-refractivity contribution < 1.29 is 34.1 Å². The molecule has 216 valence electrons. The molecule has 1 heterocycles. The summed E-state index contributed by atoms with van der Waals surface area (Å²) in [5, 5.41) is 31.1. The minimum Gasteiger partial charge on any atom is -0.507 e. The number of hydrogen-bond acceptors (Lipinski definition) is 8. The highest BCUT2D eigenvalue weighted by atomic mass is 16.6. The molecule has 1 fully saturated rings. The molecule has 3 aliphatic rings. The van der Waals surface area contributed by atoms with Crippen molar-refractivity contribution in [1.29, 1.82) is 0 Å². The molecular weight excluding hydrogens is 536 g/mol. The molecule has 0 spiro atoms. The molecule has 3 N–H and O–H groups in total. The standard InChI is InChI=1S/C33H32N2O7/c1-17-9-12-20-7-5-6-8-21(20)22(17)15-34-32(39)28-25(40-4)13-24(37)29-30(28)42-26-14-23(36)27(31(38)33(26,29)3)18(2)35-41-16-19-10-11-19/h5-9,12-14,19,36-37H,10-11,15-16H2,1-4H3,(H,34,39)/b35-18+/t33-/m1/s1. The molecule has 1 atom stereocenters. The molecule has 1 amide bonds. The highest BCUT2D eigenvalue weighted by molar-refractivity contribution is 6.27. The second kappa shape index (κ2) is 10.2. The van der Waals surface area contributed by atoms with Crippen LogP contribution in [0.15, 0.2) is 70.8 Å². The van der Waals surface area contributed by atoms with E-state index in [1.54, 1.807) is 13.8 Å². The first-order valence-electron chi connectivity index (χ1n) is 13.9. The number of oxime groups is 1. The minimum absolute atomic E-state index is 0.00489. The zero-order valence-corrected chi connectivity index (χ0v) is 23.9. The largest absolute Gasteiger partial charge is 0.507 e. The summed E-state index contributed by atoms with van der Waals surface area (Å²) in [5.74, 6) is -1.03. The second-order valence-corrected chi connectivity index (χ2v) is 11.2. The Balaban J connectivity index is 1.36. The third kappa shape index (κ3) is 4.36. The van der Waals surface area contributed by atoms with Gasteiger partial charge in [0.25, 0.3) is 5.91 Å². The third-order valence-electron chi connectivity index (χ3n) is 8.35. The number of fused-ring (bicyclic) bond motifs is 4. The van der Waals surface area contributed by atoms with Gasteiger partial charge in [-0.2, -0.15) is 0 Å². The van der Waals surface area contributed by atoms with Crippen molar-refractivity contribution in [3.05, 3.63) is 87.9 Å². The molecule has 3 aromatic carbocycles. The van der Waals surface area contributed by atoms with Gasteiger partial charge in [-0.25, -0.2) is 0 Å². The number of allylic oxidation sites excluding steroid dienone is 3. The van der Waals surface area contributed by atoms with Crippen LogP contribution >= 0.6 is 0 Å². The Morgan fingerprint density at radius 1 is 1.19 bits per heavy atom. The number of rotatable bonds is 8. The summed E-state index contributed by atoms with van der Waals surface area (Å²) in [4.78, 5) is 33.2. The van der Waals surface area contributed by atoms with Gasteiger partial charge in [0.1, 0.15) is 40.6 Å². The Labute approximate surface area is 243 Å². The lowest BCUT2D eigenvalue weighted by Gasteiger charge is -2.28. The predicted octanol–water partition coefficient (Wildman–Crippen LogP) is 5.52. The maximum atomic E-state index is 14.0. The lowest BCUT2D eigenvalue weighted by molar-refractivity contribution is -0.119. The van der Waals surface area contributed by atoms with Crippen molar-refractivity contribution in [2.45, 2.75) is 45.6 Å². The Bertz CT molecular complexity index is 1750. The Kier molecular flexibility index (Phi) is 6.68. The van der Waals surface area contributed by atoms with E-state index in [1.807, 2.05) is 43.3 Å². The van der Waals surface area contributed by atoms with Gasteiger partial charge < -0.3 is 29.8 Å². The number of aliphatic hydroxyl groups excluding tert-OH is 1. The maximum absolute atomic E-state index is 14.0. The van der Waals surface area contributed by atoms with E-state index in [1.165, 1.54) is 19.3 Å². The molecular formula is C33H32N2O7. The molecule has 0 unspecified atom stereocenters. The van der Waals surface area contributed by atoms with Crippen molar-refractivity contribution in [2.24, 2.45) is 11.1 Å². The van der Waals surface area contributed by atoms with Gasteiger partial charge in [-0.15, -0.1) is 0 Å². The summed E-state index contributed by atoms with van der Waals surface area (Å²) in [6, 6.07) is 13.3. The summed E-state index contributed by atoms with van der Waals surface area (Å²) in [6.45, 7) is 5.83. The lowest BCUT2D eigenvalue weighted by atomic mass is 9.71. The molecule has 2 aliphatic carbocycles. The number of methoxy groups -OCH3 is 1. The minimum atomic E-state index is -1.53. The smallest absolute Gasteiger partial charge is 0.259 e. The van der Waals surface area contributed by atoms with Crippen molar-refractivity contribution in [2.75, 3.05) is 13.7 Å². The number of ether oxygens (including phenoxy) is 2. The second-order valence-electron chi connectivity index (χ2n) is 11.2. The molecule has 42 heavy (non-hydrogen) atoms. The normalized spacial score (nSPS) is 19.7. The first-order valence-corrected chi connectivity index (χ1v) is 13.9. The zero-order valence-electron chi connectivity index (χ0n) is 23.9. The van der Waals surface area contributed by atoms with Gasteiger partial charge in [-0.3, -0.25) is 9.59 Å². The van der Waals surface area contributed by atoms with E-state index >= 15 is 0 Å². The number of carbonyl (C=O) groups excluding carboxylic acids is 2. The van der Waals surface area contributed by atoms with Crippen molar-refractivity contribution in [3.8, 4) is 17.2 Å². The van der Waals surface area contributed by atoms with Gasteiger partial charge in [0, 0.05) is 18.7 Å². The number of aliphatic hydroxyl groups is 1. The van der Waals surface area contributed by atoms with Crippen LogP contribution in [-0.2, 0) is 21.6 Å². The first-order chi connectivity index (χ1) is 20.1. The number of nitrogens with one attached hydrogen (secondary N) is 1. The third-order valence-corrected chi connectivity index (χ3v) is 8.35. The number of hydrogen-bond donors (Lipinski definition) is 3. The van der Waals surface area contributed by atoms with Gasteiger partial charge >= 0.3 is 0 Å². The van der Waals surface area contributed by atoms with Crippen LogP contribution in [0.3, 0.4) is 0 Å². The number of benzene rings is 3. The van der Waals surface area contributed by atoms with E-state index in [4.69, 9.17) is 14.3 Å². The summed E-state index contributed by atoms with van der Waals surface area (Å²) in [7, 11) is 1.38. The van der Waals surface area contributed by atoms with Crippen LogP contribution in [0, 0.1) is 12.8 Å². The fourth-order valence-electron chi connectivity index (χ4n) is 5.74. The monoisotopic (exact) mass is 568 g/mol. The molecule has 6 rings (SSSR count). The average molecular weight is 569 g/mol. The van der Waals surface area contributed by atoms with Crippen molar-refractivity contribution in [1.82, 2.24) is 5.32 Å². The molecule has 0 radical (unpaired) electrons. The average Bonchev–Trinajstić information content (AvgIpc) is 3.74. The topological polar surface area (TPSA) is 127 Å². The van der Waals surface area contributed by atoms with E-state index in [9.17, 15) is 19.8 Å². The molecule has 9 nitrogen and oxygen atoms in total. The number of phenols is 1. The van der Waals surface area contributed by atoms with Gasteiger partial charge in [0.15, 0.2) is 11.5 Å². The van der Waals surface area contributed by atoms with E-state index in [2.05, 4.69) is 10.5 Å². The van der Waals surface area contributed by atoms with E-state index in [0.717, 1.165) is 34.7 Å². The van der Waals surface area contributed by atoms with Gasteiger partial charge in [0.05, 0.1) is 24.0 Å². The number of Topliss-reactive ketones (excluding diaryl/α,β-unsaturated/α-hetero) is 1. The van der Waals surface area contributed by atoms with Gasteiger partial charge in [-0.1, -0.05) is 41.6 Å². The van der Waals surface area contributed by atoms with Crippen LogP contribution < -0.4 is 14.8 Å². The fourth-order valence-corrected chi connectivity index (χ4v) is 5.74. The number of nitrogens with zero attached hydrogens (tertiary/aromatic N) is 1. The predicted molar refractivity (Wildman–Crippen MR) is 157 cm³/mol. The highest BCUT2D eigenvalue weighted by Gasteiger charge is 2.55. The fraction of sp³-hybridized carbons (Fsp3) is 0.303.